The van der Waals surface area contributed by atoms with Crippen LogP contribution in [0.1, 0.15) is 16.8 Å². The molecule has 5 nitrogen and oxygen atoms in total. The van der Waals surface area contributed by atoms with Crippen LogP contribution in [0.2, 0.25) is 0 Å². The molecule has 0 fully saturated rings. The second-order valence-electron chi connectivity index (χ2n) is 6.29. The molecule has 1 aliphatic rings. The molecule has 0 radical (unpaired) electrons. The SMILES string of the molecule is COc1cccc2c3c([nH]c12)CCN(S(=O)(=O)Cc1ccccc1)C3. The molecule has 0 aliphatic carbocycles. The van der Waals surface area contributed by atoms with Crippen LogP contribution in [0.25, 0.3) is 10.9 Å². The number of methoxy groups -OCH3 is 1. The Balaban J connectivity index is 1.66. The molecule has 0 atom stereocenters. The fourth-order valence-electron chi connectivity index (χ4n) is 3.47. The van der Waals surface area contributed by atoms with E-state index in [1.165, 1.54) is 0 Å². The number of ether oxygens (including phenoxy) is 1. The van der Waals surface area contributed by atoms with Crippen LogP contribution < -0.4 is 4.74 Å². The molecule has 3 aromatic rings. The van der Waals surface area contributed by atoms with Crippen molar-refractivity contribution in [1.82, 2.24) is 9.29 Å². The normalized spacial score (nSPS) is 15.2. The Bertz CT molecular complexity index is 1010. The smallest absolute Gasteiger partial charge is 0.218 e. The van der Waals surface area contributed by atoms with E-state index >= 15 is 0 Å². The zero-order valence-corrected chi connectivity index (χ0v) is 14.8. The lowest BCUT2D eigenvalue weighted by Crippen LogP contribution is -2.36. The summed E-state index contributed by atoms with van der Waals surface area (Å²) in [5, 5.41) is 1.04. The number of H-pyrrole nitrogens is 1. The van der Waals surface area contributed by atoms with E-state index in [2.05, 4.69) is 4.98 Å². The largest absolute Gasteiger partial charge is 0.495 e. The minimum atomic E-state index is -3.35. The molecule has 6 heteroatoms. The first-order valence-corrected chi connectivity index (χ1v) is 9.87. The van der Waals surface area contributed by atoms with E-state index in [9.17, 15) is 8.42 Å². The Labute approximate surface area is 147 Å². The Morgan fingerprint density at radius 1 is 1.12 bits per heavy atom. The first kappa shape index (κ1) is 16.2. The topological polar surface area (TPSA) is 62.4 Å². The third kappa shape index (κ3) is 2.92. The number of aromatic amines is 1. The summed E-state index contributed by atoms with van der Waals surface area (Å²) in [7, 11) is -1.71. The molecular weight excluding hydrogens is 336 g/mol. The predicted molar refractivity (Wildman–Crippen MR) is 98.0 cm³/mol. The van der Waals surface area contributed by atoms with Gasteiger partial charge in [0.15, 0.2) is 0 Å². The Morgan fingerprint density at radius 3 is 2.68 bits per heavy atom. The number of para-hydroxylation sites is 1. The minimum absolute atomic E-state index is 0.0366. The van der Waals surface area contributed by atoms with Gasteiger partial charge < -0.3 is 9.72 Å². The average Bonchev–Trinajstić information content (AvgIpc) is 3.00. The van der Waals surface area contributed by atoms with Crippen LogP contribution >= 0.6 is 0 Å². The summed E-state index contributed by atoms with van der Waals surface area (Å²) in [5.41, 5.74) is 3.91. The van der Waals surface area contributed by atoms with Crippen LogP contribution in [-0.2, 0) is 28.7 Å². The van der Waals surface area contributed by atoms with Crippen LogP contribution in [0, 0.1) is 0 Å². The fraction of sp³-hybridized carbons (Fsp3) is 0.263. The summed E-state index contributed by atoms with van der Waals surface area (Å²) in [6.45, 7) is 0.898. The third-order valence-corrected chi connectivity index (χ3v) is 6.54. The van der Waals surface area contributed by atoms with Crippen LogP contribution in [0.3, 0.4) is 0 Å². The maximum atomic E-state index is 12.8. The zero-order valence-electron chi connectivity index (χ0n) is 14.0. The van der Waals surface area contributed by atoms with Crippen molar-refractivity contribution in [3.8, 4) is 5.75 Å². The van der Waals surface area contributed by atoms with Crippen molar-refractivity contribution < 1.29 is 13.2 Å². The van der Waals surface area contributed by atoms with Gasteiger partial charge in [-0.15, -0.1) is 0 Å². The van der Waals surface area contributed by atoms with Crippen LogP contribution in [0.5, 0.6) is 5.75 Å². The molecule has 0 amide bonds. The van der Waals surface area contributed by atoms with Crippen LogP contribution in [0.4, 0.5) is 0 Å². The number of sulfonamides is 1. The van der Waals surface area contributed by atoms with E-state index in [1.54, 1.807) is 11.4 Å². The highest BCUT2D eigenvalue weighted by Gasteiger charge is 2.29. The highest BCUT2D eigenvalue weighted by atomic mass is 32.2. The molecule has 130 valence electrons. The van der Waals surface area contributed by atoms with Crippen molar-refractivity contribution in [2.45, 2.75) is 18.7 Å². The Morgan fingerprint density at radius 2 is 1.92 bits per heavy atom. The third-order valence-electron chi connectivity index (χ3n) is 4.74. The van der Waals surface area contributed by atoms with Crippen LogP contribution in [-0.4, -0.2) is 31.4 Å². The molecule has 1 aromatic heterocycles. The number of nitrogens with one attached hydrogen (secondary N) is 1. The molecule has 1 aliphatic heterocycles. The number of hydrogen-bond donors (Lipinski definition) is 1. The molecule has 2 heterocycles. The van der Waals surface area contributed by atoms with Gasteiger partial charge in [0.05, 0.1) is 18.4 Å². The second-order valence-corrected chi connectivity index (χ2v) is 8.26. The first-order chi connectivity index (χ1) is 12.1. The Hall–Kier alpha value is -2.31. The van der Waals surface area contributed by atoms with Gasteiger partial charge >= 0.3 is 0 Å². The molecule has 0 unspecified atom stereocenters. The monoisotopic (exact) mass is 356 g/mol. The molecule has 1 N–H and O–H groups in total. The maximum absolute atomic E-state index is 12.8. The average molecular weight is 356 g/mol. The predicted octanol–water partition coefficient (Wildman–Crippen LogP) is 3.06. The van der Waals surface area contributed by atoms with E-state index in [-0.39, 0.29) is 5.75 Å². The molecule has 0 saturated heterocycles. The van der Waals surface area contributed by atoms with Crippen molar-refractivity contribution in [3.05, 3.63) is 65.4 Å². The molecule has 0 saturated carbocycles. The van der Waals surface area contributed by atoms with E-state index in [1.807, 2.05) is 48.5 Å². The molecule has 25 heavy (non-hydrogen) atoms. The highest BCUT2D eigenvalue weighted by Crippen LogP contribution is 2.33. The fourth-order valence-corrected chi connectivity index (χ4v) is 4.96. The number of benzene rings is 2. The summed E-state index contributed by atoms with van der Waals surface area (Å²) in [6.07, 6.45) is 0.682. The van der Waals surface area contributed by atoms with Gasteiger partial charge in [-0.05, 0) is 17.2 Å². The molecule has 0 spiro atoms. The number of rotatable bonds is 4. The Kier molecular flexibility index (Phi) is 4.01. The maximum Gasteiger partial charge on any atom is 0.218 e. The van der Waals surface area contributed by atoms with Gasteiger partial charge in [-0.3, -0.25) is 0 Å². The minimum Gasteiger partial charge on any atom is -0.495 e. The van der Waals surface area contributed by atoms with Gasteiger partial charge in [-0.1, -0.05) is 42.5 Å². The van der Waals surface area contributed by atoms with Crippen LogP contribution in [0.15, 0.2) is 48.5 Å². The number of hydrogen-bond acceptors (Lipinski definition) is 3. The molecule has 0 bridgehead atoms. The summed E-state index contributed by atoms with van der Waals surface area (Å²) in [6, 6.07) is 15.2. The van der Waals surface area contributed by atoms with E-state index < -0.39 is 10.0 Å². The van der Waals surface area contributed by atoms with Crippen molar-refractivity contribution in [2.24, 2.45) is 0 Å². The number of nitrogens with zero attached hydrogens (tertiary/aromatic N) is 1. The van der Waals surface area contributed by atoms with Crippen molar-refractivity contribution in [3.63, 3.8) is 0 Å². The number of aromatic nitrogens is 1. The second kappa shape index (κ2) is 6.20. The van der Waals surface area contributed by atoms with Crippen molar-refractivity contribution in [1.29, 1.82) is 0 Å². The summed E-state index contributed by atoms with van der Waals surface area (Å²) >= 11 is 0. The van der Waals surface area contributed by atoms with Gasteiger partial charge in [0, 0.05) is 30.6 Å². The van der Waals surface area contributed by atoms with Crippen molar-refractivity contribution in [2.75, 3.05) is 13.7 Å². The number of fused-ring (bicyclic) bond motifs is 3. The summed E-state index contributed by atoms with van der Waals surface area (Å²) < 4.78 is 32.7. The molecular formula is C19H20N2O3S. The molecule has 4 rings (SSSR count). The summed E-state index contributed by atoms with van der Waals surface area (Å²) in [5.74, 6) is 0.820. The zero-order chi connectivity index (χ0) is 17.4. The lowest BCUT2D eigenvalue weighted by atomic mass is 10.1. The van der Waals surface area contributed by atoms with Gasteiger partial charge in [0.1, 0.15) is 5.75 Å². The standard InChI is InChI=1S/C19H20N2O3S/c1-24-18-9-5-8-15-16-12-21(11-10-17(16)20-19(15)18)25(22,23)13-14-6-3-2-4-7-14/h2-9,20H,10-13H2,1H3. The first-order valence-electron chi connectivity index (χ1n) is 8.26. The quantitative estimate of drug-likeness (QED) is 0.781. The lowest BCUT2D eigenvalue weighted by molar-refractivity contribution is 0.390. The van der Waals surface area contributed by atoms with E-state index in [0.29, 0.717) is 19.5 Å². The van der Waals surface area contributed by atoms with E-state index in [0.717, 1.165) is 33.5 Å². The van der Waals surface area contributed by atoms with Gasteiger partial charge in [0.2, 0.25) is 10.0 Å². The van der Waals surface area contributed by atoms with E-state index in [4.69, 9.17) is 4.74 Å². The van der Waals surface area contributed by atoms with Gasteiger partial charge in [-0.25, -0.2) is 8.42 Å². The molecule has 2 aromatic carbocycles. The summed E-state index contributed by atoms with van der Waals surface area (Å²) in [4.78, 5) is 3.41. The lowest BCUT2D eigenvalue weighted by Gasteiger charge is -2.26. The van der Waals surface area contributed by atoms with Crippen molar-refractivity contribution >= 4 is 20.9 Å². The highest BCUT2D eigenvalue weighted by molar-refractivity contribution is 7.88. The van der Waals surface area contributed by atoms with Gasteiger partial charge in [0.25, 0.3) is 0 Å². The van der Waals surface area contributed by atoms with Gasteiger partial charge in [-0.2, -0.15) is 4.31 Å².